The summed E-state index contributed by atoms with van der Waals surface area (Å²) in [7, 11) is 0. The highest BCUT2D eigenvalue weighted by molar-refractivity contribution is 6.35. The molecule has 0 saturated heterocycles. The summed E-state index contributed by atoms with van der Waals surface area (Å²) in [6.07, 6.45) is -2.87. The van der Waals surface area contributed by atoms with E-state index in [4.69, 9.17) is 23.2 Å². The van der Waals surface area contributed by atoms with Gasteiger partial charge in [0.05, 0.1) is 10.9 Å². The molecule has 0 aliphatic heterocycles. The summed E-state index contributed by atoms with van der Waals surface area (Å²) in [5.41, 5.74) is 0.547. The molecule has 2 nitrogen and oxygen atoms in total. The number of aromatic hydroxyl groups is 1. The highest BCUT2D eigenvalue weighted by Crippen LogP contribution is 2.38. The molecule has 0 bridgehead atoms. The summed E-state index contributed by atoms with van der Waals surface area (Å²) in [4.78, 5) is 0. The fourth-order valence-electron chi connectivity index (χ4n) is 2.63. The van der Waals surface area contributed by atoms with Gasteiger partial charge in [0.25, 0.3) is 0 Å². The molecule has 21 heavy (non-hydrogen) atoms. The molecule has 118 valence electrons. The van der Waals surface area contributed by atoms with E-state index in [9.17, 15) is 18.3 Å². The Bertz CT molecular complexity index is 500. The molecule has 1 fully saturated rings. The van der Waals surface area contributed by atoms with Gasteiger partial charge in [0.2, 0.25) is 0 Å². The van der Waals surface area contributed by atoms with Crippen LogP contribution in [0.15, 0.2) is 12.1 Å². The van der Waals surface area contributed by atoms with Crippen molar-refractivity contribution in [3.8, 4) is 5.75 Å². The minimum absolute atomic E-state index is 0.0146. The van der Waals surface area contributed by atoms with Crippen LogP contribution < -0.4 is 5.32 Å². The van der Waals surface area contributed by atoms with E-state index in [2.05, 4.69) is 5.32 Å². The van der Waals surface area contributed by atoms with E-state index in [1.165, 1.54) is 6.07 Å². The summed E-state index contributed by atoms with van der Waals surface area (Å²) in [6.45, 7) is 0.327. The third kappa shape index (κ3) is 4.41. The van der Waals surface area contributed by atoms with Crippen LogP contribution in [0.5, 0.6) is 5.75 Å². The van der Waals surface area contributed by atoms with E-state index in [-0.39, 0.29) is 29.7 Å². The van der Waals surface area contributed by atoms with E-state index < -0.39 is 12.1 Å². The SMILES string of the molecule is Oc1c(Cl)cc(Cl)cc1CNC1CCC(C(F)(F)F)CC1. The van der Waals surface area contributed by atoms with Crippen LogP contribution in [0.3, 0.4) is 0 Å². The van der Waals surface area contributed by atoms with Crippen molar-refractivity contribution in [2.45, 2.75) is 44.4 Å². The Morgan fingerprint density at radius 1 is 1.14 bits per heavy atom. The normalized spacial score (nSPS) is 23.3. The molecule has 1 aliphatic rings. The van der Waals surface area contributed by atoms with E-state index in [0.717, 1.165) is 0 Å². The summed E-state index contributed by atoms with van der Waals surface area (Å²) in [5.74, 6) is -1.23. The lowest BCUT2D eigenvalue weighted by atomic mass is 9.85. The Morgan fingerprint density at radius 2 is 1.76 bits per heavy atom. The summed E-state index contributed by atoms with van der Waals surface area (Å²) in [5, 5.41) is 13.6. The van der Waals surface area contributed by atoms with Gasteiger partial charge in [0.15, 0.2) is 0 Å². The van der Waals surface area contributed by atoms with Gasteiger partial charge >= 0.3 is 6.18 Å². The maximum absolute atomic E-state index is 12.6. The first-order valence-electron chi connectivity index (χ1n) is 6.74. The van der Waals surface area contributed by atoms with Crippen LogP contribution >= 0.6 is 23.2 Å². The molecule has 0 atom stereocenters. The highest BCUT2D eigenvalue weighted by Gasteiger charge is 2.41. The fraction of sp³-hybridized carbons (Fsp3) is 0.571. The van der Waals surface area contributed by atoms with Crippen molar-refractivity contribution in [3.63, 3.8) is 0 Å². The Balaban J connectivity index is 1.88. The number of benzene rings is 1. The van der Waals surface area contributed by atoms with Crippen molar-refractivity contribution >= 4 is 23.2 Å². The molecule has 1 aromatic rings. The lowest BCUT2D eigenvalue weighted by molar-refractivity contribution is -0.182. The molecule has 0 heterocycles. The van der Waals surface area contributed by atoms with E-state index in [1.54, 1.807) is 6.07 Å². The van der Waals surface area contributed by atoms with Gasteiger partial charge in [0.1, 0.15) is 5.75 Å². The molecule has 2 rings (SSSR count). The molecule has 1 aliphatic carbocycles. The number of rotatable bonds is 3. The number of phenols is 1. The van der Waals surface area contributed by atoms with Crippen LogP contribution in [0, 0.1) is 5.92 Å². The van der Waals surface area contributed by atoms with Crippen LogP contribution in [-0.4, -0.2) is 17.3 Å². The van der Waals surface area contributed by atoms with Crippen LogP contribution in [0.2, 0.25) is 10.0 Å². The maximum Gasteiger partial charge on any atom is 0.391 e. The average molecular weight is 342 g/mol. The van der Waals surface area contributed by atoms with Crippen LogP contribution in [0.25, 0.3) is 0 Å². The van der Waals surface area contributed by atoms with Crippen LogP contribution in [0.4, 0.5) is 13.2 Å². The number of hydrogen-bond acceptors (Lipinski definition) is 2. The maximum atomic E-state index is 12.6. The van der Waals surface area contributed by atoms with Crippen molar-refractivity contribution < 1.29 is 18.3 Å². The predicted octanol–water partition coefficient (Wildman–Crippen LogP) is 4.91. The number of alkyl halides is 3. The minimum Gasteiger partial charge on any atom is -0.506 e. The Hall–Kier alpha value is -0.650. The van der Waals surface area contributed by atoms with Gasteiger partial charge in [-0.2, -0.15) is 13.2 Å². The van der Waals surface area contributed by atoms with E-state index in [0.29, 0.717) is 30.0 Å². The van der Waals surface area contributed by atoms with Crippen molar-refractivity contribution in [3.05, 3.63) is 27.7 Å². The first-order valence-corrected chi connectivity index (χ1v) is 7.50. The zero-order valence-corrected chi connectivity index (χ0v) is 12.7. The fourth-order valence-corrected chi connectivity index (χ4v) is 3.17. The molecule has 0 radical (unpaired) electrons. The van der Waals surface area contributed by atoms with Crippen molar-refractivity contribution in [2.24, 2.45) is 5.92 Å². The van der Waals surface area contributed by atoms with Crippen molar-refractivity contribution in [2.75, 3.05) is 0 Å². The molecule has 1 aromatic carbocycles. The molecular weight excluding hydrogens is 326 g/mol. The van der Waals surface area contributed by atoms with Gasteiger partial charge in [-0.15, -0.1) is 0 Å². The molecule has 7 heteroatoms. The summed E-state index contributed by atoms with van der Waals surface area (Å²) < 4.78 is 37.7. The second-order valence-electron chi connectivity index (χ2n) is 5.37. The number of halogens is 5. The Labute approximate surface area is 131 Å². The minimum atomic E-state index is -4.09. The summed E-state index contributed by atoms with van der Waals surface area (Å²) >= 11 is 11.7. The molecule has 0 aromatic heterocycles. The summed E-state index contributed by atoms with van der Waals surface area (Å²) in [6, 6.07) is 3.05. The molecule has 0 spiro atoms. The average Bonchev–Trinajstić information content (AvgIpc) is 2.40. The van der Waals surface area contributed by atoms with Gasteiger partial charge < -0.3 is 10.4 Å². The largest absolute Gasteiger partial charge is 0.506 e. The molecule has 2 N–H and O–H groups in total. The molecule has 0 unspecified atom stereocenters. The molecule has 0 amide bonds. The van der Waals surface area contributed by atoms with E-state index in [1.807, 2.05) is 0 Å². The van der Waals surface area contributed by atoms with Gasteiger partial charge in [-0.3, -0.25) is 0 Å². The first kappa shape index (κ1) is 16.7. The standard InChI is InChI=1S/C14H16Cl2F3NO/c15-10-5-8(13(21)12(16)6-10)7-20-11-3-1-9(2-4-11)14(17,18)19/h5-6,9,11,20-21H,1-4,7H2. The van der Waals surface area contributed by atoms with E-state index >= 15 is 0 Å². The second-order valence-corrected chi connectivity index (χ2v) is 6.21. The smallest absolute Gasteiger partial charge is 0.391 e. The monoisotopic (exact) mass is 341 g/mol. The molecule has 1 saturated carbocycles. The number of phenolic OH excluding ortho intramolecular Hbond substituents is 1. The quantitative estimate of drug-likeness (QED) is 0.818. The highest BCUT2D eigenvalue weighted by atomic mass is 35.5. The Morgan fingerprint density at radius 3 is 2.33 bits per heavy atom. The zero-order valence-electron chi connectivity index (χ0n) is 11.2. The molecular formula is C14H16Cl2F3NO. The number of nitrogens with one attached hydrogen (secondary N) is 1. The zero-order chi connectivity index (χ0) is 15.6. The lowest BCUT2D eigenvalue weighted by Crippen LogP contribution is -2.36. The van der Waals surface area contributed by atoms with Gasteiger partial charge in [-0.25, -0.2) is 0 Å². The first-order chi connectivity index (χ1) is 9.77. The predicted molar refractivity (Wildman–Crippen MR) is 76.8 cm³/mol. The van der Waals surface area contributed by atoms with Crippen LogP contribution in [0.1, 0.15) is 31.2 Å². The van der Waals surface area contributed by atoms with Crippen molar-refractivity contribution in [1.82, 2.24) is 5.32 Å². The lowest BCUT2D eigenvalue weighted by Gasteiger charge is -2.30. The van der Waals surface area contributed by atoms with Gasteiger partial charge in [-0.05, 0) is 37.8 Å². The van der Waals surface area contributed by atoms with Gasteiger partial charge in [-0.1, -0.05) is 23.2 Å². The van der Waals surface area contributed by atoms with Crippen molar-refractivity contribution in [1.29, 1.82) is 0 Å². The Kier molecular flexibility index (Phi) is 5.28. The third-order valence-electron chi connectivity index (χ3n) is 3.88. The van der Waals surface area contributed by atoms with Crippen LogP contribution in [-0.2, 0) is 6.54 Å². The second kappa shape index (κ2) is 6.63. The third-order valence-corrected chi connectivity index (χ3v) is 4.38. The van der Waals surface area contributed by atoms with Gasteiger partial charge in [0, 0.05) is 23.2 Å². The number of hydrogen-bond donors (Lipinski definition) is 2. The topological polar surface area (TPSA) is 32.3 Å².